The highest BCUT2D eigenvalue weighted by Gasteiger charge is 2.21. The van der Waals surface area contributed by atoms with Gasteiger partial charge in [0.25, 0.3) is 0 Å². The van der Waals surface area contributed by atoms with Crippen LogP contribution in [0.3, 0.4) is 0 Å². The van der Waals surface area contributed by atoms with Crippen molar-refractivity contribution in [1.82, 2.24) is 15.4 Å². The summed E-state index contributed by atoms with van der Waals surface area (Å²) < 4.78 is 4.92. The van der Waals surface area contributed by atoms with E-state index >= 15 is 0 Å². The van der Waals surface area contributed by atoms with Gasteiger partial charge in [0.1, 0.15) is 5.69 Å². The highest BCUT2D eigenvalue weighted by molar-refractivity contribution is 5.99. The average molecular weight is 274 g/mol. The zero-order valence-electron chi connectivity index (χ0n) is 11.1. The first kappa shape index (κ1) is 13.7. The Labute approximate surface area is 115 Å². The number of aromatic amines is 1. The van der Waals surface area contributed by atoms with Gasteiger partial charge in [-0.3, -0.25) is 4.79 Å². The standard InChI is InChI=1S/C13H14N4O3/c1-3-20-13(19)12-11(15-17-16-12)9-6-4-5-7-10(9)14-8(2)18/h4-7H,3H2,1-2H3,(H,14,18)(H,15,16,17). The highest BCUT2D eigenvalue weighted by Crippen LogP contribution is 2.28. The van der Waals surface area contributed by atoms with Crippen molar-refractivity contribution in [2.45, 2.75) is 13.8 Å². The van der Waals surface area contributed by atoms with Gasteiger partial charge in [-0.15, -0.1) is 5.10 Å². The molecule has 0 bridgehead atoms. The summed E-state index contributed by atoms with van der Waals surface area (Å²) in [7, 11) is 0. The van der Waals surface area contributed by atoms with E-state index in [4.69, 9.17) is 4.74 Å². The minimum absolute atomic E-state index is 0.0876. The number of aromatic nitrogens is 3. The number of benzene rings is 1. The second-order valence-electron chi connectivity index (χ2n) is 3.97. The van der Waals surface area contributed by atoms with Crippen molar-refractivity contribution in [3.05, 3.63) is 30.0 Å². The fourth-order valence-electron chi connectivity index (χ4n) is 1.75. The Morgan fingerprint density at radius 1 is 1.30 bits per heavy atom. The molecule has 2 N–H and O–H groups in total. The smallest absolute Gasteiger partial charge is 0.361 e. The molecule has 0 spiro atoms. The van der Waals surface area contributed by atoms with Crippen LogP contribution in [0.25, 0.3) is 11.3 Å². The number of H-pyrrole nitrogens is 1. The molecule has 0 aliphatic carbocycles. The number of esters is 1. The van der Waals surface area contributed by atoms with Gasteiger partial charge in [0, 0.05) is 12.5 Å². The molecule has 1 heterocycles. The van der Waals surface area contributed by atoms with Gasteiger partial charge in [0.15, 0.2) is 5.69 Å². The van der Waals surface area contributed by atoms with Gasteiger partial charge in [-0.05, 0) is 13.0 Å². The summed E-state index contributed by atoms with van der Waals surface area (Å²) in [5.74, 6) is -0.771. The van der Waals surface area contributed by atoms with E-state index in [0.29, 0.717) is 16.9 Å². The van der Waals surface area contributed by atoms with Crippen LogP contribution in [-0.2, 0) is 9.53 Å². The summed E-state index contributed by atoms with van der Waals surface area (Å²) in [4.78, 5) is 23.0. The van der Waals surface area contributed by atoms with Gasteiger partial charge < -0.3 is 10.1 Å². The molecule has 2 rings (SSSR count). The predicted octanol–water partition coefficient (Wildman–Crippen LogP) is 1.61. The molecule has 0 radical (unpaired) electrons. The van der Waals surface area contributed by atoms with Crippen molar-refractivity contribution in [3.63, 3.8) is 0 Å². The molecule has 0 fully saturated rings. The third-order valence-corrected chi connectivity index (χ3v) is 2.51. The second kappa shape index (κ2) is 5.96. The monoisotopic (exact) mass is 274 g/mol. The highest BCUT2D eigenvalue weighted by atomic mass is 16.5. The van der Waals surface area contributed by atoms with E-state index in [2.05, 4.69) is 20.7 Å². The maximum absolute atomic E-state index is 11.8. The molecule has 20 heavy (non-hydrogen) atoms. The van der Waals surface area contributed by atoms with Crippen molar-refractivity contribution in [2.24, 2.45) is 0 Å². The fourth-order valence-corrected chi connectivity index (χ4v) is 1.75. The fraction of sp³-hybridized carbons (Fsp3) is 0.231. The summed E-state index contributed by atoms with van der Waals surface area (Å²) in [5, 5.41) is 12.9. The number of para-hydroxylation sites is 1. The van der Waals surface area contributed by atoms with E-state index < -0.39 is 5.97 Å². The number of carbonyl (C=O) groups excluding carboxylic acids is 2. The van der Waals surface area contributed by atoms with Crippen LogP contribution in [0.1, 0.15) is 24.3 Å². The van der Waals surface area contributed by atoms with Crippen LogP contribution in [0.2, 0.25) is 0 Å². The molecule has 0 aliphatic heterocycles. The lowest BCUT2D eigenvalue weighted by Gasteiger charge is -2.08. The largest absolute Gasteiger partial charge is 0.461 e. The molecular weight excluding hydrogens is 260 g/mol. The molecule has 0 saturated heterocycles. The molecule has 2 aromatic rings. The minimum Gasteiger partial charge on any atom is -0.461 e. The number of nitrogens with one attached hydrogen (secondary N) is 2. The normalized spacial score (nSPS) is 10.1. The van der Waals surface area contributed by atoms with Crippen molar-refractivity contribution in [2.75, 3.05) is 11.9 Å². The SMILES string of the molecule is CCOC(=O)c1n[nH]nc1-c1ccccc1NC(C)=O. The van der Waals surface area contributed by atoms with E-state index in [0.717, 1.165) is 0 Å². The second-order valence-corrected chi connectivity index (χ2v) is 3.97. The Morgan fingerprint density at radius 3 is 2.75 bits per heavy atom. The molecule has 1 aromatic heterocycles. The third kappa shape index (κ3) is 2.82. The molecule has 1 aromatic carbocycles. The van der Waals surface area contributed by atoms with Crippen molar-refractivity contribution >= 4 is 17.6 Å². The van der Waals surface area contributed by atoms with Crippen LogP contribution in [0, 0.1) is 0 Å². The Bertz CT molecular complexity index is 636. The van der Waals surface area contributed by atoms with Gasteiger partial charge in [-0.25, -0.2) is 4.79 Å². The first-order chi connectivity index (χ1) is 9.63. The van der Waals surface area contributed by atoms with Crippen molar-refractivity contribution < 1.29 is 14.3 Å². The first-order valence-electron chi connectivity index (χ1n) is 6.08. The van der Waals surface area contributed by atoms with Gasteiger partial charge >= 0.3 is 5.97 Å². The Balaban J connectivity index is 2.45. The number of hydrogen-bond donors (Lipinski definition) is 2. The lowest BCUT2D eigenvalue weighted by atomic mass is 10.1. The number of anilines is 1. The predicted molar refractivity (Wildman–Crippen MR) is 72.1 cm³/mol. The summed E-state index contributed by atoms with van der Waals surface area (Å²) in [6.07, 6.45) is 0. The number of rotatable bonds is 4. The topological polar surface area (TPSA) is 97.0 Å². The van der Waals surface area contributed by atoms with Gasteiger partial charge in [-0.1, -0.05) is 18.2 Å². The lowest BCUT2D eigenvalue weighted by molar-refractivity contribution is -0.114. The number of nitrogens with zero attached hydrogens (tertiary/aromatic N) is 2. The zero-order valence-corrected chi connectivity index (χ0v) is 11.1. The summed E-state index contributed by atoms with van der Waals surface area (Å²) in [5.41, 5.74) is 1.58. The maximum atomic E-state index is 11.8. The molecular formula is C13H14N4O3. The van der Waals surface area contributed by atoms with Crippen LogP contribution >= 0.6 is 0 Å². The number of carbonyl (C=O) groups is 2. The van der Waals surface area contributed by atoms with Crippen molar-refractivity contribution in [3.8, 4) is 11.3 Å². The molecule has 0 saturated carbocycles. The lowest BCUT2D eigenvalue weighted by Crippen LogP contribution is -2.09. The molecule has 0 unspecified atom stereocenters. The number of amides is 1. The van der Waals surface area contributed by atoms with Crippen LogP contribution in [-0.4, -0.2) is 33.9 Å². The average Bonchev–Trinajstić information content (AvgIpc) is 2.88. The Kier molecular flexibility index (Phi) is 4.09. The molecule has 7 heteroatoms. The summed E-state index contributed by atoms with van der Waals surface area (Å²) in [6.45, 7) is 3.37. The van der Waals surface area contributed by atoms with E-state index in [1.165, 1.54) is 6.92 Å². The zero-order chi connectivity index (χ0) is 14.5. The van der Waals surface area contributed by atoms with E-state index in [1.807, 2.05) is 0 Å². The molecule has 0 aliphatic rings. The molecule has 0 atom stereocenters. The molecule has 7 nitrogen and oxygen atoms in total. The first-order valence-corrected chi connectivity index (χ1v) is 6.08. The number of ether oxygens (including phenoxy) is 1. The molecule has 1 amide bonds. The van der Waals surface area contributed by atoms with Crippen LogP contribution < -0.4 is 5.32 Å². The minimum atomic E-state index is -0.561. The molecule has 104 valence electrons. The van der Waals surface area contributed by atoms with Gasteiger partial charge in [0.2, 0.25) is 5.91 Å². The third-order valence-electron chi connectivity index (χ3n) is 2.51. The van der Waals surface area contributed by atoms with Crippen LogP contribution in [0.5, 0.6) is 0 Å². The Morgan fingerprint density at radius 2 is 2.05 bits per heavy atom. The van der Waals surface area contributed by atoms with Crippen LogP contribution in [0.4, 0.5) is 5.69 Å². The van der Waals surface area contributed by atoms with E-state index in [9.17, 15) is 9.59 Å². The Hall–Kier alpha value is -2.70. The quantitative estimate of drug-likeness (QED) is 0.825. The summed E-state index contributed by atoms with van der Waals surface area (Å²) in [6, 6.07) is 7.02. The number of hydrogen-bond acceptors (Lipinski definition) is 5. The maximum Gasteiger partial charge on any atom is 0.361 e. The van der Waals surface area contributed by atoms with Gasteiger partial charge in [0.05, 0.1) is 12.3 Å². The van der Waals surface area contributed by atoms with Gasteiger partial charge in [-0.2, -0.15) is 10.3 Å². The summed E-state index contributed by atoms with van der Waals surface area (Å²) >= 11 is 0. The van der Waals surface area contributed by atoms with E-state index in [1.54, 1.807) is 31.2 Å². The van der Waals surface area contributed by atoms with Crippen LogP contribution in [0.15, 0.2) is 24.3 Å². The van der Waals surface area contributed by atoms with E-state index in [-0.39, 0.29) is 18.2 Å². The van der Waals surface area contributed by atoms with Crippen molar-refractivity contribution in [1.29, 1.82) is 0 Å².